The van der Waals surface area contributed by atoms with Crippen LogP contribution in [0.15, 0.2) is 66.2 Å². The minimum absolute atomic E-state index is 0.0196. The van der Waals surface area contributed by atoms with E-state index in [1.165, 1.54) is 94.0 Å². The molecule has 0 bridgehead atoms. The third-order valence-electron chi connectivity index (χ3n) is 11.1. The van der Waals surface area contributed by atoms with Crippen molar-refractivity contribution in [2.75, 3.05) is 19.8 Å². The third-order valence-corrected chi connectivity index (χ3v) is 11.1. The highest BCUT2D eigenvalue weighted by atomic mass is 19.1. The first-order chi connectivity index (χ1) is 27.7. The van der Waals surface area contributed by atoms with Gasteiger partial charge in [-0.2, -0.15) is 0 Å². The molecule has 3 unspecified atom stereocenters. The van der Waals surface area contributed by atoms with Gasteiger partial charge in [-0.05, 0) is 153 Å². The summed E-state index contributed by atoms with van der Waals surface area (Å²) in [6, 6.07) is 16.3. The molecule has 2 aliphatic heterocycles. The molecule has 0 N–H and O–H groups in total. The van der Waals surface area contributed by atoms with Crippen LogP contribution < -0.4 is 0 Å². The summed E-state index contributed by atoms with van der Waals surface area (Å²) in [6.07, 6.45) is 15.5. The molecule has 0 amide bonds. The summed E-state index contributed by atoms with van der Waals surface area (Å²) in [7, 11) is 0. The Morgan fingerprint density at radius 2 is 0.881 bits per heavy atom. The van der Waals surface area contributed by atoms with E-state index in [0.29, 0.717) is 23.1 Å². The lowest BCUT2D eigenvalue weighted by atomic mass is 9.84. The molecule has 6 heteroatoms. The summed E-state index contributed by atoms with van der Waals surface area (Å²) in [5.41, 5.74) is 6.62. The van der Waals surface area contributed by atoms with Crippen LogP contribution in [-0.4, -0.2) is 32.2 Å². The van der Waals surface area contributed by atoms with Crippen LogP contribution in [0.3, 0.4) is 0 Å². The standard InChI is InChI=1S/C8H8F2.C8H9F.C8H16.C8H14.C8H10.C7H14O.C6H12O2/c1-5-3-7(9)6(2)8(10)4-5;1-6-3-4-7(2)8(9)5-6;3*1-7-3-5-8(2)6-4-7;1-6-3-4-7(2)8-5-6;1-5-3-7-6(2)8-4-5/h3-4H,1-2H3;3-5H,1-2H3;7-8H,3-6H2,1-2H3;3,8H,4-6H2,1-2H3;3-6H,1-2H3;6-7H,3-5H2,1-2H3;5-6H,3-4H2,1-2H3. The molecule has 1 saturated carbocycles. The maximum atomic E-state index is 12.6. The highest BCUT2D eigenvalue weighted by molar-refractivity contribution is 5.24. The van der Waals surface area contributed by atoms with E-state index < -0.39 is 11.6 Å². The van der Waals surface area contributed by atoms with Crippen LogP contribution in [0.25, 0.3) is 0 Å². The molecule has 0 radical (unpaired) electrons. The number of benzene rings is 3. The molecule has 2 heterocycles. The van der Waals surface area contributed by atoms with E-state index in [1.807, 2.05) is 19.9 Å². The van der Waals surface area contributed by atoms with Crippen molar-refractivity contribution in [1.29, 1.82) is 0 Å². The van der Waals surface area contributed by atoms with Crippen molar-refractivity contribution in [3.63, 3.8) is 0 Å². The SMILES string of the molecule is CC1=CCC(C)CC1.CC1CCC(C)CC1.CC1CCC(C)OC1.CC1COC(C)OC1.Cc1cc(F)c(C)c(F)c1.Cc1ccc(C)c(F)c1.Cc1ccc(C)cc1. The van der Waals surface area contributed by atoms with Gasteiger partial charge in [0.05, 0.1) is 19.3 Å². The van der Waals surface area contributed by atoms with Crippen LogP contribution in [-0.2, 0) is 14.2 Å². The molecule has 334 valence electrons. The van der Waals surface area contributed by atoms with Gasteiger partial charge >= 0.3 is 0 Å². The Balaban J connectivity index is 0.000000345. The predicted molar refractivity (Wildman–Crippen MR) is 246 cm³/mol. The number of hydrogen-bond acceptors (Lipinski definition) is 3. The van der Waals surface area contributed by atoms with Gasteiger partial charge in [-0.25, -0.2) is 13.2 Å². The summed E-state index contributed by atoms with van der Waals surface area (Å²) in [4.78, 5) is 0. The molecular formula is C53H83F3O3. The molecular weight excluding hydrogens is 742 g/mol. The van der Waals surface area contributed by atoms with Crippen LogP contribution in [0, 0.1) is 88.6 Å². The molecule has 3 aromatic rings. The van der Waals surface area contributed by atoms with Crippen molar-refractivity contribution in [1.82, 2.24) is 0 Å². The van der Waals surface area contributed by atoms with Gasteiger partial charge in [0.25, 0.3) is 0 Å². The normalized spacial score (nSPS) is 24.6. The summed E-state index contributed by atoms with van der Waals surface area (Å²) < 4.78 is 53.5. The maximum Gasteiger partial charge on any atom is 0.154 e. The van der Waals surface area contributed by atoms with Gasteiger partial charge in [0, 0.05) is 18.1 Å². The molecule has 7 rings (SSSR count). The van der Waals surface area contributed by atoms with Gasteiger partial charge in [0.15, 0.2) is 6.29 Å². The Bertz CT molecular complexity index is 1440. The van der Waals surface area contributed by atoms with Crippen molar-refractivity contribution in [2.45, 2.75) is 167 Å². The Kier molecular flexibility index (Phi) is 27.6. The first kappa shape index (κ1) is 54.1. The number of hydrogen-bond donors (Lipinski definition) is 0. The fourth-order valence-corrected chi connectivity index (χ4v) is 6.34. The zero-order valence-electron chi connectivity index (χ0n) is 39.7. The lowest BCUT2D eigenvalue weighted by Gasteiger charge is -2.24. The van der Waals surface area contributed by atoms with E-state index in [0.717, 1.165) is 49.1 Å². The average Bonchev–Trinajstić information content (AvgIpc) is 3.19. The molecule has 4 aliphatic rings. The van der Waals surface area contributed by atoms with Crippen molar-refractivity contribution in [2.24, 2.45) is 29.6 Å². The fraction of sp³-hybridized carbons (Fsp3) is 0.623. The van der Waals surface area contributed by atoms with Gasteiger partial charge in [0.1, 0.15) is 17.5 Å². The predicted octanol–water partition coefficient (Wildman–Crippen LogP) is 15.7. The molecule has 3 atom stereocenters. The Morgan fingerprint density at radius 1 is 0.441 bits per heavy atom. The molecule has 3 aromatic carbocycles. The van der Waals surface area contributed by atoms with E-state index in [2.05, 4.69) is 92.7 Å². The van der Waals surface area contributed by atoms with Gasteiger partial charge in [-0.15, -0.1) is 0 Å². The smallest absolute Gasteiger partial charge is 0.154 e. The molecule has 3 nitrogen and oxygen atoms in total. The largest absolute Gasteiger partial charge is 0.378 e. The molecule has 59 heavy (non-hydrogen) atoms. The highest BCUT2D eigenvalue weighted by Gasteiger charge is 2.15. The monoisotopic (exact) mass is 825 g/mol. The lowest BCUT2D eigenvalue weighted by Crippen LogP contribution is -2.27. The van der Waals surface area contributed by atoms with Gasteiger partial charge in [0.2, 0.25) is 0 Å². The summed E-state index contributed by atoms with van der Waals surface area (Å²) in [5.74, 6) is 3.29. The first-order valence-electron chi connectivity index (χ1n) is 22.4. The lowest BCUT2D eigenvalue weighted by molar-refractivity contribution is -0.187. The van der Waals surface area contributed by atoms with Crippen LogP contribution in [0.5, 0.6) is 0 Å². The third kappa shape index (κ3) is 26.8. The van der Waals surface area contributed by atoms with Crippen molar-refractivity contribution in [3.8, 4) is 0 Å². The molecule has 0 aromatic heterocycles. The quantitative estimate of drug-likeness (QED) is 0.211. The maximum absolute atomic E-state index is 12.6. The summed E-state index contributed by atoms with van der Waals surface area (Å²) >= 11 is 0. The zero-order valence-corrected chi connectivity index (χ0v) is 39.7. The Labute approximate surface area is 359 Å². The molecule has 2 aliphatic carbocycles. The highest BCUT2D eigenvalue weighted by Crippen LogP contribution is 2.27. The Morgan fingerprint density at radius 3 is 1.24 bits per heavy atom. The van der Waals surface area contributed by atoms with Crippen LogP contribution in [0.4, 0.5) is 13.2 Å². The average molecular weight is 825 g/mol. The second kappa shape index (κ2) is 30.2. The van der Waals surface area contributed by atoms with Crippen LogP contribution >= 0.6 is 0 Å². The second-order valence-corrected chi connectivity index (χ2v) is 18.2. The summed E-state index contributed by atoms with van der Waals surface area (Å²) in [5, 5.41) is 0. The van der Waals surface area contributed by atoms with E-state index >= 15 is 0 Å². The number of halogens is 3. The minimum atomic E-state index is -0.475. The number of aryl methyl sites for hydroxylation is 5. The fourth-order valence-electron chi connectivity index (χ4n) is 6.34. The van der Waals surface area contributed by atoms with E-state index in [1.54, 1.807) is 25.5 Å². The first-order valence-corrected chi connectivity index (χ1v) is 22.4. The Hall–Kier alpha value is -2.93. The van der Waals surface area contributed by atoms with Crippen molar-refractivity contribution < 1.29 is 27.4 Å². The number of ether oxygens (including phenoxy) is 3. The molecule has 3 fully saturated rings. The van der Waals surface area contributed by atoms with Gasteiger partial charge < -0.3 is 14.2 Å². The van der Waals surface area contributed by atoms with Crippen molar-refractivity contribution in [3.05, 3.63) is 117 Å². The molecule has 2 saturated heterocycles. The molecule has 0 spiro atoms. The zero-order chi connectivity index (χ0) is 44.5. The topological polar surface area (TPSA) is 27.7 Å². The number of allylic oxidation sites excluding steroid dienone is 2. The van der Waals surface area contributed by atoms with Crippen LogP contribution in [0.1, 0.15) is 147 Å². The van der Waals surface area contributed by atoms with Crippen LogP contribution in [0.2, 0.25) is 0 Å². The second-order valence-electron chi connectivity index (χ2n) is 18.2. The number of rotatable bonds is 0. The minimum Gasteiger partial charge on any atom is -0.378 e. The van der Waals surface area contributed by atoms with Crippen molar-refractivity contribution >= 4 is 0 Å². The van der Waals surface area contributed by atoms with E-state index in [9.17, 15) is 13.2 Å². The van der Waals surface area contributed by atoms with E-state index in [4.69, 9.17) is 14.2 Å². The van der Waals surface area contributed by atoms with Gasteiger partial charge in [-0.1, -0.05) is 119 Å². The van der Waals surface area contributed by atoms with E-state index in [-0.39, 0.29) is 17.7 Å². The summed E-state index contributed by atoms with van der Waals surface area (Å²) in [6.45, 7) is 31.3. The van der Waals surface area contributed by atoms with Gasteiger partial charge in [-0.3, -0.25) is 0 Å².